The van der Waals surface area contributed by atoms with Gasteiger partial charge in [0.15, 0.2) is 0 Å². The first kappa shape index (κ1) is 17.7. The zero-order chi connectivity index (χ0) is 18.0. The third-order valence-corrected chi connectivity index (χ3v) is 5.01. The quantitative estimate of drug-likeness (QED) is 0.875. The van der Waals surface area contributed by atoms with Gasteiger partial charge in [0, 0.05) is 24.6 Å². The second kappa shape index (κ2) is 7.00. The molecule has 5 nitrogen and oxygen atoms in total. The number of aliphatic hydroxyl groups is 1. The number of benzene rings is 1. The summed E-state index contributed by atoms with van der Waals surface area (Å²) in [6.07, 6.45) is 1.60. The van der Waals surface area contributed by atoms with Crippen LogP contribution >= 0.6 is 0 Å². The first-order valence-corrected chi connectivity index (χ1v) is 8.93. The monoisotopic (exact) mass is 340 g/mol. The molecule has 5 heteroatoms. The molecular formula is C20H28N4O. The molecule has 0 saturated heterocycles. The number of aromatic nitrogens is 2. The van der Waals surface area contributed by atoms with Gasteiger partial charge >= 0.3 is 0 Å². The van der Waals surface area contributed by atoms with E-state index < -0.39 is 0 Å². The van der Waals surface area contributed by atoms with Crippen molar-refractivity contribution in [2.75, 3.05) is 23.4 Å². The van der Waals surface area contributed by atoms with E-state index in [9.17, 15) is 5.11 Å². The zero-order valence-electron chi connectivity index (χ0n) is 15.5. The molecule has 0 saturated carbocycles. The molecule has 0 amide bonds. The second-order valence-electron chi connectivity index (χ2n) is 7.84. The maximum Gasteiger partial charge on any atom is 0.134 e. The van der Waals surface area contributed by atoms with Crippen molar-refractivity contribution < 1.29 is 5.11 Å². The van der Waals surface area contributed by atoms with E-state index in [1.165, 1.54) is 11.1 Å². The van der Waals surface area contributed by atoms with Crippen LogP contribution in [-0.2, 0) is 12.0 Å². The van der Waals surface area contributed by atoms with Crippen molar-refractivity contribution in [3.8, 4) is 0 Å². The summed E-state index contributed by atoms with van der Waals surface area (Å²) in [4.78, 5) is 11.1. The minimum Gasteiger partial charge on any atom is -0.394 e. The van der Waals surface area contributed by atoms with Crippen LogP contribution in [0.25, 0.3) is 0 Å². The van der Waals surface area contributed by atoms with Crippen LogP contribution in [-0.4, -0.2) is 34.3 Å². The van der Waals surface area contributed by atoms with E-state index in [-0.39, 0.29) is 18.1 Å². The van der Waals surface area contributed by atoms with Crippen molar-refractivity contribution in [3.05, 3.63) is 47.8 Å². The Morgan fingerprint density at radius 2 is 2.00 bits per heavy atom. The number of hydrogen-bond acceptors (Lipinski definition) is 5. The average Bonchev–Trinajstić information content (AvgIpc) is 2.59. The summed E-state index contributed by atoms with van der Waals surface area (Å²) in [5.41, 5.74) is 2.83. The van der Waals surface area contributed by atoms with Gasteiger partial charge in [-0.1, -0.05) is 52.0 Å². The Morgan fingerprint density at radius 3 is 2.72 bits per heavy atom. The van der Waals surface area contributed by atoms with Crippen molar-refractivity contribution in [2.24, 2.45) is 5.92 Å². The fourth-order valence-electron chi connectivity index (χ4n) is 3.52. The number of aliphatic hydroxyl groups excluding tert-OH is 1. The van der Waals surface area contributed by atoms with Crippen molar-refractivity contribution in [2.45, 2.75) is 45.7 Å². The molecule has 25 heavy (non-hydrogen) atoms. The summed E-state index contributed by atoms with van der Waals surface area (Å²) in [6.45, 7) is 10.6. The van der Waals surface area contributed by atoms with Gasteiger partial charge in [0.1, 0.15) is 18.0 Å². The molecule has 0 fully saturated rings. The first-order valence-electron chi connectivity index (χ1n) is 8.93. The van der Waals surface area contributed by atoms with Crippen molar-refractivity contribution in [1.29, 1.82) is 0 Å². The first-order chi connectivity index (χ1) is 11.9. The van der Waals surface area contributed by atoms with E-state index in [0.717, 1.165) is 24.7 Å². The smallest absolute Gasteiger partial charge is 0.134 e. The number of nitrogens with zero attached hydrogens (tertiary/aromatic N) is 3. The highest BCUT2D eigenvalue weighted by Crippen LogP contribution is 2.35. The Bertz CT molecular complexity index is 729. The standard InChI is InChI=1S/C20H28N4O/c1-14(2)17(11-25)23-18-9-19(22-13-21-18)24-10-15-7-5-6-8-16(15)20(3,4)12-24/h5-9,13-14,17,25H,10-12H2,1-4H3,(H,21,22,23)/t17-/m1/s1. The minimum absolute atomic E-state index is 0.0127. The van der Waals surface area contributed by atoms with Gasteiger partial charge in [0.05, 0.1) is 12.6 Å². The summed E-state index contributed by atoms with van der Waals surface area (Å²) in [5.74, 6) is 2.00. The number of rotatable bonds is 5. The minimum atomic E-state index is -0.0127. The normalized spacial score (nSPS) is 17.3. The van der Waals surface area contributed by atoms with Crippen molar-refractivity contribution in [1.82, 2.24) is 9.97 Å². The molecule has 1 atom stereocenters. The summed E-state index contributed by atoms with van der Waals surface area (Å²) in [5, 5.41) is 12.9. The molecule has 2 heterocycles. The molecule has 1 aromatic carbocycles. The fraction of sp³-hybridized carbons (Fsp3) is 0.500. The summed E-state index contributed by atoms with van der Waals surface area (Å²) >= 11 is 0. The molecule has 0 bridgehead atoms. The predicted octanol–water partition coefficient (Wildman–Crippen LogP) is 3.20. The van der Waals surface area contributed by atoms with Crippen LogP contribution in [0.4, 0.5) is 11.6 Å². The number of nitrogens with one attached hydrogen (secondary N) is 1. The zero-order valence-corrected chi connectivity index (χ0v) is 15.5. The lowest BCUT2D eigenvalue weighted by Crippen LogP contribution is -2.42. The number of hydrogen-bond donors (Lipinski definition) is 2. The summed E-state index contributed by atoms with van der Waals surface area (Å²) in [6, 6.07) is 10.6. The molecular weight excluding hydrogens is 312 g/mol. The van der Waals surface area contributed by atoms with Crippen LogP contribution in [0.3, 0.4) is 0 Å². The highest BCUT2D eigenvalue weighted by atomic mass is 16.3. The van der Waals surface area contributed by atoms with Gasteiger partial charge < -0.3 is 15.3 Å². The molecule has 0 unspecified atom stereocenters. The maximum atomic E-state index is 9.54. The molecule has 2 N–H and O–H groups in total. The Morgan fingerprint density at radius 1 is 1.24 bits per heavy atom. The van der Waals surface area contributed by atoms with Crippen LogP contribution in [0.15, 0.2) is 36.7 Å². The molecule has 1 aliphatic heterocycles. The van der Waals surface area contributed by atoms with Crippen LogP contribution in [0.5, 0.6) is 0 Å². The van der Waals surface area contributed by atoms with Gasteiger partial charge in [-0.2, -0.15) is 0 Å². The lowest BCUT2D eigenvalue weighted by Gasteiger charge is -2.40. The van der Waals surface area contributed by atoms with Crippen molar-refractivity contribution in [3.63, 3.8) is 0 Å². The van der Waals surface area contributed by atoms with E-state index in [0.29, 0.717) is 5.92 Å². The molecule has 0 radical (unpaired) electrons. The predicted molar refractivity (Wildman–Crippen MR) is 102 cm³/mol. The number of anilines is 2. The van der Waals surface area contributed by atoms with Crippen LogP contribution in [0, 0.1) is 5.92 Å². The van der Waals surface area contributed by atoms with Crippen molar-refractivity contribution >= 4 is 11.6 Å². The van der Waals surface area contributed by atoms with Gasteiger partial charge in [-0.05, 0) is 17.0 Å². The number of fused-ring (bicyclic) bond motifs is 1. The maximum absolute atomic E-state index is 9.54. The molecule has 3 rings (SSSR count). The van der Waals surface area contributed by atoms with Gasteiger partial charge in [0.25, 0.3) is 0 Å². The van der Waals surface area contributed by atoms with E-state index >= 15 is 0 Å². The van der Waals surface area contributed by atoms with Gasteiger partial charge in [-0.25, -0.2) is 9.97 Å². The topological polar surface area (TPSA) is 61.3 Å². The molecule has 0 spiro atoms. The fourth-order valence-corrected chi connectivity index (χ4v) is 3.52. The molecule has 134 valence electrons. The summed E-state index contributed by atoms with van der Waals surface area (Å²) < 4.78 is 0. The van der Waals surface area contributed by atoms with Gasteiger partial charge in [-0.3, -0.25) is 0 Å². The summed E-state index contributed by atoms with van der Waals surface area (Å²) in [7, 11) is 0. The van der Waals surface area contributed by atoms with E-state index in [1.54, 1.807) is 6.33 Å². The second-order valence-corrected chi connectivity index (χ2v) is 7.84. The molecule has 2 aromatic rings. The van der Waals surface area contributed by atoms with Gasteiger partial charge in [0.2, 0.25) is 0 Å². The Labute approximate surface area is 150 Å². The SMILES string of the molecule is CC(C)[C@@H](CO)Nc1cc(N2Cc3ccccc3C(C)(C)C2)ncn1. The highest BCUT2D eigenvalue weighted by Gasteiger charge is 2.32. The Kier molecular flexibility index (Phi) is 4.95. The van der Waals surface area contributed by atoms with Crippen LogP contribution in [0.1, 0.15) is 38.8 Å². The van der Waals surface area contributed by atoms with Crippen LogP contribution < -0.4 is 10.2 Å². The Hall–Kier alpha value is -2.14. The van der Waals surface area contributed by atoms with E-state index in [1.807, 2.05) is 6.07 Å². The van der Waals surface area contributed by atoms with Gasteiger partial charge in [-0.15, -0.1) is 0 Å². The third kappa shape index (κ3) is 3.76. The molecule has 1 aliphatic rings. The van der Waals surface area contributed by atoms with Crippen LogP contribution in [0.2, 0.25) is 0 Å². The highest BCUT2D eigenvalue weighted by molar-refractivity contribution is 5.52. The van der Waals surface area contributed by atoms with E-state index in [2.05, 4.69) is 72.1 Å². The largest absolute Gasteiger partial charge is 0.394 e. The third-order valence-electron chi connectivity index (χ3n) is 5.01. The molecule has 1 aromatic heterocycles. The Balaban J connectivity index is 1.85. The average molecular weight is 340 g/mol. The lowest BCUT2D eigenvalue weighted by molar-refractivity contribution is 0.249. The lowest BCUT2D eigenvalue weighted by atomic mass is 9.78. The van der Waals surface area contributed by atoms with E-state index in [4.69, 9.17) is 0 Å². The molecule has 0 aliphatic carbocycles.